The van der Waals surface area contributed by atoms with Crippen molar-refractivity contribution in [2.75, 3.05) is 18.1 Å². The lowest BCUT2D eigenvalue weighted by molar-refractivity contribution is -0.123. The van der Waals surface area contributed by atoms with E-state index in [4.69, 9.17) is 13.9 Å². The molecule has 1 fully saturated rings. The van der Waals surface area contributed by atoms with Gasteiger partial charge in [-0.05, 0) is 42.7 Å². The fourth-order valence-corrected chi connectivity index (χ4v) is 4.49. The van der Waals surface area contributed by atoms with E-state index in [0.29, 0.717) is 36.0 Å². The van der Waals surface area contributed by atoms with Crippen LogP contribution in [0, 0.1) is 0 Å². The zero-order valence-electron chi connectivity index (χ0n) is 18.2. The quantitative estimate of drug-likeness (QED) is 0.603. The van der Waals surface area contributed by atoms with Crippen LogP contribution in [0.15, 0.2) is 71.3 Å². The van der Waals surface area contributed by atoms with Crippen molar-refractivity contribution in [1.29, 1.82) is 0 Å². The molecule has 1 aliphatic heterocycles. The number of benzene rings is 2. The van der Waals surface area contributed by atoms with Crippen LogP contribution in [0.3, 0.4) is 0 Å². The zero-order chi connectivity index (χ0) is 22.6. The average molecular weight is 447 g/mol. The number of carbonyl (C=O) groups is 2. The van der Waals surface area contributed by atoms with Gasteiger partial charge in [0.25, 0.3) is 5.91 Å². The number of fused-ring (bicyclic) bond motifs is 1. The number of amides is 2. The highest BCUT2D eigenvalue weighted by atomic mass is 16.6. The highest BCUT2D eigenvalue weighted by molar-refractivity contribution is 6.08. The van der Waals surface area contributed by atoms with Gasteiger partial charge in [0, 0.05) is 17.8 Å². The Morgan fingerprint density at radius 3 is 2.39 bits per heavy atom. The molecule has 1 aromatic heterocycles. The van der Waals surface area contributed by atoms with Crippen molar-refractivity contribution in [2.45, 2.75) is 37.8 Å². The Labute approximate surface area is 192 Å². The van der Waals surface area contributed by atoms with E-state index in [1.165, 1.54) is 11.2 Å². The Morgan fingerprint density at radius 1 is 0.909 bits per heavy atom. The molecular formula is C26H26N2O5. The van der Waals surface area contributed by atoms with Crippen LogP contribution in [0.4, 0.5) is 5.69 Å². The van der Waals surface area contributed by atoms with Crippen LogP contribution in [0.2, 0.25) is 0 Å². The molecule has 1 aliphatic carbocycles. The molecule has 0 spiro atoms. The van der Waals surface area contributed by atoms with Crippen molar-refractivity contribution >= 4 is 17.5 Å². The van der Waals surface area contributed by atoms with Crippen molar-refractivity contribution in [1.82, 2.24) is 5.32 Å². The molecule has 1 N–H and O–H groups in total. The minimum Gasteiger partial charge on any atom is -0.486 e. The number of nitrogens with zero attached hydrogens (tertiary/aromatic N) is 1. The summed E-state index contributed by atoms with van der Waals surface area (Å²) in [7, 11) is 0. The summed E-state index contributed by atoms with van der Waals surface area (Å²) < 4.78 is 16.8. The van der Waals surface area contributed by atoms with Gasteiger partial charge in [0.05, 0.1) is 6.26 Å². The van der Waals surface area contributed by atoms with E-state index in [1.807, 2.05) is 30.3 Å². The van der Waals surface area contributed by atoms with Gasteiger partial charge in [0.15, 0.2) is 17.3 Å². The Kier molecular flexibility index (Phi) is 6.02. The van der Waals surface area contributed by atoms with E-state index in [0.717, 1.165) is 25.7 Å². The number of anilines is 1. The van der Waals surface area contributed by atoms with Crippen LogP contribution in [0.1, 0.15) is 47.8 Å². The summed E-state index contributed by atoms with van der Waals surface area (Å²) in [5.41, 5.74) is 1.24. The number of hydrogen-bond acceptors (Lipinski definition) is 5. The van der Waals surface area contributed by atoms with Gasteiger partial charge >= 0.3 is 0 Å². The normalized spacial score (nSPS) is 16.2. The molecule has 2 heterocycles. The number of nitrogens with one attached hydrogen (secondary N) is 1. The third kappa shape index (κ3) is 4.44. The maximum atomic E-state index is 13.7. The molecule has 170 valence electrons. The van der Waals surface area contributed by atoms with Crippen LogP contribution in [0.25, 0.3) is 0 Å². The summed E-state index contributed by atoms with van der Waals surface area (Å²) in [6.07, 6.45) is 5.54. The second-order valence-electron chi connectivity index (χ2n) is 8.28. The van der Waals surface area contributed by atoms with Gasteiger partial charge in [-0.3, -0.25) is 14.5 Å². The van der Waals surface area contributed by atoms with Crippen LogP contribution in [-0.2, 0) is 4.79 Å². The fraction of sp³-hybridized carbons (Fsp3) is 0.308. The van der Waals surface area contributed by atoms with E-state index < -0.39 is 11.9 Å². The second-order valence-corrected chi connectivity index (χ2v) is 8.28. The molecule has 1 atom stereocenters. The molecule has 3 aromatic rings. The molecule has 0 radical (unpaired) electrons. The van der Waals surface area contributed by atoms with Gasteiger partial charge in [0.1, 0.15) is 19.3 Å². The molecule has 7 nitrogen and oxygen atoms in total. The first-order chi connectivity index (χ1) is 16.2. The first kappa shape index (κ1) is 21.1. The molecular weight excluding hydrogens is 420 g/mol. The lowest BCUT2D eigenvalue weighted by Gasteiger charge is -2.32. The summed E-state index contributed by atoms with van der Waals surface area (Å²) in [6.45, 7) is 0.894. The van der Waals surface area contributed by atoms with Crippen LogP contribution in [0.5, 0.6) is 11.5 Å². The summed E-state index contributed by atoms with van der Waals surface area (Å²) in [4.78, 5) is 28.9. The van der Waals surface area contributed by atoms with Crippen molar-refractivity contribution < 1.29 is 23.5 Å². The maximum Gasteiger partial charge on any atom is 0.294 e. The van der Waals surface area contributed by atoms with Gasteiger partial charge < -0.3 is 19.2 Å². The van der Waals surface area contributed by atoms with Crippen molar-refractivity contribution in [3.8, 4) is 11.5 Å². The minimum atomic E-state index is -0.882. The van der Waals surface area contributed by atoms with Crippen molar-refractivity contribution in [2.24, 2.45) is 0 Å². The average Bonchev–Trinajstić information content (AvgIpc) is 3.57. The van der Waals surface area contributed by atoms with Crippen LogP contribution < -0.4 is 19.7 Å². The summed E-state index contributed by atoms with van der Waals surface area (Å²) in [5, 5.41) is 3.17. The third-order valence-corrected chi connectivity index (χ3v) is 6.08. The SMILES string of the molecule is O=C(NC1CCCC1)[C@H](c1ccccc1)N(C(=O)c1ccco1)c1ccc2c(c1)OCCO2. The molecule has 0 unspecified atom stereocenters. The number of hydrogen-bond donors (Lipinski definition) is 1. The highest BCUT2D eigenvalue weighted by Gasteiger charge is 2.36. The lowest BCUT2D eigenvalue weighted by atomic mass is 10.0. The summed E-state index contributed by atoms with van der Waals surface area (Å²) >= 11 is 0. The summed E-state index contributed by atoms with van der Waals surface area (Å²) in [6, 6.07) is 17.1. The fourth-order valence-electron chi connectivity index (χ4n) is 4.49. The van der Waals surface area contributed by atoms with E-state index in [2.05, 4.69) is 5.32 Å². The number of carbonyl (C=O) groups excluding carboxylic acids is 2. The number of rotatable bonds is 6. The largest absolute Gasteiger partial charge is 0.486 e. The molecule has 33 heavy (non-hydrogen) atoms. The molecule has 0 bridgehead atoms. The maximum absolute atomic E-state index is 13.7. The van der Waals surface area contributed by atoms with Crippen LogP contribution >= 0.6 is 0 Å². The second kappa shape index (κ2) is 9.40. The van der Waals surface area contributed by atoms with E-state index in [9.17, 15) is 9.59 Å². The van der Waals surface area contributed by atoms with E-state index >= 15 is 0 Å². The third-order valence-electron chi connectivity index (χ3n) is 6.08. The van der Waals surface area contributed by atoms with E-state index in [1.54, 1.807) is 30.3 Å². The van der Waals surface area contributed by atoms with Gasteiger partial charge in [0.2, 0.25) is 5.91 Å². The van der Waals surface area contributed by atoms with Gasteiger partial charge in [-0.1, -0.05) is 43.2 Å². The smallest absolute Gasteiger partial charge is 0.294 e. The Morgan fingerprint density at radius 2 is 1.67 bits per heavy atom. The first-order valence-corrected chi connectivity index (χ1v) is 11.3. The Balaban J connectivity index is 1.59. The molecule has 7 heteroatoms. The van der Waals surface area contributed by atoms with Crippen molar-refractivity contribution in [3.05, 3.63) is 78.3 Å². The van der Waals surface area contributed by atoms with Gasteiger partial charge in [-0.25, -0.2) is 0 Å². The first-order valence-electron chi connectivity index (χ1n) is 11.3. The Bertz CT molecular complexity index is 1110. The Hall–Kier alpha value is -3.74. The van der Waals surface area contributed by atoms with Crippen molar-refractivity contribution in [3.63, 3.8) is 0 Å². The number of furan rings is 1. The molecule has 2 aliphatic rings. The predicted octanol–water partition coefficient (Wildman–Crippen LogP) is 4.50. The zero-order valence-corrected chi connectivity index (χ0v) is 18.2. The monoisotopic (exact) mass is 446 g/mol. The predicted molar refractivity (Wildman–Crippen MR) is 123 cm³/mol. The molecule has 2 aromatic carbocycles. The molecule has 1 saturated carbocycles. The lowest BCUT2D eigenvalue weighted by Crippen LogP contribution is -2.46. The minimum absolute atomic E-state index is 0.115. The van der Waals surface area contributed by atoms with E-state index in [-0.39, 0.29) is 17.7 Å². The standard InChI is InChI=1S/C26H26N2O5/c29-25(27-19-9-4-5-10-19)24(18-7-2-1-3-8-18)28(26(30)22-11-6-14-31-22)20-12-13-21-23(17-20)33-16-15-32-21/h1-3,6-8,11-14,17,19,24H,4-5,9-10,15-16H2,(H,27,29)/t24-/m0/s1. The highest BCUT2D eigenvalue weighted by Crippen LogP contribution is 2.38. The summed E-state index contributed by atoms with van der Waals surface area (Å²) in [5.74, 6) is 0.676. The topological polar surface area (TPSA) is 81.0 Å². The molecule has 2 amide bonds. The van der Waals surface area contributed by atoms with Gasteiger partial charge in [-0.15, -0.1) is 0 Å². The number of ether oxygens (including phenoxy) is 2. The van der Waals surface area contributed by atoms with Gasteiger partial charge in [-0.2, -0.15) is 0 Å². The molecule has 0 saturated heterocycles. The molecule has 5 rings (SSSR count). The van der Waals surface area contributed by atoms with Crippen LogP contribution in [-0.4, -0.2) is 31.1 Å².